The molecule has 0 spiro atoms. The average molecular weight is 293 g/mol. The molecule has 0 amide bonds. The predicted molar refractivity (Wildman–Crippen MR) is 79.6 cm³/mol. The van der Waals surface area contributed by atoms with Gasteiger partial charge in [-0.15, -0.1) is 0 Å². The number of imidazole rings is 1. The van der Waals surface area contributed by atoms with Gasteiger partial charge in [0.2, 0.25) is 5.88 Å². The molecule has 2 aromatic heterocycles. The van der Waals surface area contributed by atoms with Gasteiger partial charge in [0.1, 0.15) is 11.8 Å². The van der Waals surface area contributed by atoms with E-state index in [0.717, 1.165) is 30.7 Å². The number of hydrogen-bond acceptors (Lipinski definition) is 5. The molecular weight excluding hydrogens is 274 g/mol. The Bertz CT molecular complexity index is 644. The summed E-state index contributed by atoms with van der Waals surface area (Å²) in [6.45, 7) is 4.46. The van der Waals surface area contributed by atoms with Gasteiger partial charge in [0.05, 0.1) is 7.11 Å². The molecule has 3 heterocycles. The van der Waals surface area contributed by atoms with Crippen molar-refractivity contribution in [2.45, 2.75) is 25.8 Å². The third-order valence-electron chi connectivity index (χ3n) is 3.77. The molecule has 6 nitrogen and oxygen atoms in total. The first-order valence-electron chi connectivity index (χ1n) is 6.99. The Hall–Kier alpha value is -1.47. The summed E-state index contributed by atoms with van der Waals surface area (Å²) in [5, 5.41) is 0. The quantitative estimate of drug-likeness (QED) is 0.854. The van der Waals surface area contributed by atoms with E-state index in [9.17, 15) is 0 Å². The van der Waals surface area contributed by atoms with Crippen LogP contribution in [-0.2, 0) is 6.54 Å². The van der Waals surface area contributed by atoms with Crippen molar-refractivity contribution in [3.05, 3.63) is 11.1 Å². The molecule has 1 N–H and O–H groups in total. The van der Waals surface area contributed by atoms with Crippen LogP contribution in [0.4, 0.5) is 0 Å². The minimum atomic E-state index is 0.541. The molecule has 1 fully saturated rings. The monoisotopic (exact) mass is 293 g/mol. The molecule has 0 atom stereocenters. The molecule has 1 aliphatic heterocycles. The molecule has 0 unspecified atom stereocenters. The SMILES string of the molecule is COc1ncnc2c1[nH]c(=S)n2CCCN1CCCC1. The van der Waals surface area contributed by atoms with Crippen molar-refractivity contribution >= 4 is 23.4 Å². The van der Waals surface area contributed by atoms with Crippen molar-refractivity contribution in [2.24, 2.45) is 0 Å². The van der Waals surface area contributed by atoms with Crippen molar-refractivity contribution in [2.75, 3.05) is 26.7 Å². The Morgan fingerprint density at radius 3 is 2.85 bits per heavy atom. The summed E-state index contributed by atoms with van der Waals surface area (Å²) in [7, 11) is 1.60. The van der Waals surface area contributed by atoms with Gasteiger partial charge in [-0.05, 0) is 51.1 Å². The topological polar surface area (TPSA) is 59.0 Å². The zero-order chi connectivity index (χ0) is 13.9. The fraction of sp³-hybridized carbons (Fsp3) is 0.615. The van der Waals surface area contributed by atoms with Crippen LogP contribution in [0.25, 0.3) is 11.2 Å². The number of H-pyrrole nitrogens is 1. The van der Waals surface area contributed by atoms with Crippen molar-refractivity contribution in [3.8, 4) is 5.88 Å². The third-order valence-corrected chi connectivity index (χ3v) is 4.10. The molecular formula is C13H19N5OS. The summed E-state index contributed by atoms with van der Waals surface area (Å²) in [6.07, 6.45) is 5.25. The number of ether oxygens (including phenoxy) is 1. The van der Waals surface area contributed by atoms with Gasteiger partial charge in [0.25, 0.3) is 0 Å². The molecule has 1 saturated heterocycles. The molecule has 0 saturated carbocycles. The zero-order valence-electron chi connectivity index (χ0n) is 11.6. The number of rotatable bonds is 5. The largest absolute Gasteiger partial charge is 0.479 e. The van der Waals surface area contributed by atoms with E-state index in [-0.39, 0.29) is 0 Å². The first kappa shape index (κ1) is 13.5. The van der Waals surface area contributed by atoms with Crippen LogP contribution in [0.3, 0.4) is 0 Å². The number of fused-ring (bicyclic) bond motifs is 1. The summed E-state index contributed by atoms with van der Waals surface area (Å²) >= 11 is 5.38. The lowest BCUT2D eigenvalue weighted by Gasteiger charge is -2.14. The molecule has 0 radical (unpaired) electrons. The molecule has 7 heteroatoms. The van der Waals surface area contributed by atoms with Crippen molar-refractivity contribution in [1.29, 1.82) is 0 Å². The number of aromatic nitrogens is 4. The van der Waals surface area contributed by atoms with Gasteiger partial charge in [-0.25, -0.2) is 4.98 Å². The smallest absolute Gasteiger partial charge is 0.242 e. The summed E-state index contributed by atoms with van der Waals surface area (Å²) in [5.41, 5.74) is 1.60. The van der Waals surface area contributed by atoms with E-state index in [0.29, 0.717) is 10.7 Å². The lowest BCUT2D eigenvalue weighted by atomic mass is 10.4. The van der Waals surface area contributed by atoms with Crippen molar-refractivity contribution in [3.63, 3.8) is 0 Å². The van der Waals surface area contributed by atoms with E-state index in [4.69, 9.17) is 17.0 Å². The van der Waals surface area contributed by atoms with Crippen LogP contribution in [0, 0.1) is 4.77 Å². The number of aryl methyl sites for hydroxylation is 1. The number of hydrogen-bond donors (Lipinski definition) is 1. The van der Waals surface area contributed by atoms with Crippen LogP contribution in [0.5, 0.6) is 5.88 Å². The maximum Gasteiger partial charge on any atom is 0.242 e. The summed E-state index contributed by atoms with van der Waals surface area (Å²) in [5.74, 6) is 0.541. The van der Waals surface area contributed by atoms with Gasteiger partial charge in [0, 0.05) is 6.54 Å². The number of methoxy groups -OCH3 is 1. The minimum Gasteiger partial charge on any atom is -0.479 e. The normalized spacial score (nSPS) is 16.1. The molecule has 20 heavy (non-hydrogen) atoms. The van der Waals surface area contributed by atoms with Crippen molar-refractivity contribution < 1.29 is 4.74 Å². The third kappa shape index (κ3) is 2.55. The standard InChI is InChI=1S/C13H19N5OS/c1-19-12-10-11(14-9-15-12)18(13(20)16-10)8-4-7-17-5-2-3-6-17/h9H,2-8H2,1H3,(H,16,20). The maximum absolute atomic E-state index is 5.38. The lowest BCUT2D eigenvalue weighted by molar-refractivity contribution is 0.325. The molecule has 0 aromatic carbocycles. The molecule has 1 aliphatic rings. The highest BCUT2D eigenvalue weighted by atomic mass is 32.1. The first-order chi connectivity index (χ1) is 9.79. The van der Waals surface area contributed by atoms with Gasteiger partial charge in [0.15, 0.2) is 10.4 Å². The lowest BCUT2D eigenvalue weighted by Crippen LogP contribution is -2.21. The van der Waals surface area contributed by atoms with Gasteiger partial charge in [-0.2, -0.15) is 4.98 Å². The van der Waals surface area contributed by atoms with E-state index in [2.05, 4.69) is 19.9 Å². The summed E-state index contributed by atoms with van der Waals surface area (Å²) in [6, 6.07) is 0. The number of nitrogens with one attached hydrogen (secondary N) is 1. The molecule has 108 valence electrons. The Labute approximate surface area is 122 Å². The maximum atomic E-state index is 5.38. The van der Waals surface area contributed by atoms with Crippen molar-refractivity contribution in [1.82, 2.24) is 24.4 Å². The van der Waals surface area contributed by atoms with Crippen LogP contribution in [-0.4, -0.2) is 51.2 Å². The highest BCUT2D eigenvalue weighted by molar-refractivity contribution is 7.71. The second-order valence-corrected chi connectivity index (χ2v) is 5.45. The van der Waals surface area contributed by atoms with Gasteiger partial charge in [-0.3, -0.25) is 0 Å². The van der Waals surface area contributed by atoms with Crippen LogP contribution in [0.2, 0.25) is 0 Å². The van der Waals surface area contributed by atoms with E-state index >= 15 is 0 Å². The Balaban J connectivity index is 1.77. The summed E-state index contributed by atoms with van der Waals surface area (Å²) in [4.78, 5) is 14.1. The highest BCUT2D eigenvalue weighted by Gasteiger charge is 2.13. The first-order valence-corrected chi connectivity index (χ1v) is 7.40. The predicted octanol–water partition coefficient (Wildman–Crippen LogP) is 1.98. The Morgan fingerprint density at radius 2 is 2.10 bits per heavy atom. The fourth-order valence-corrected chi connectivity index (χ4v) is 3.05. The van der Waals surface area contributed by atoms with E-state index in [1.54, 1.807) is 7.11 Å². The summed E-state index contributed by atoms with van der Waals surface area (Å²) < 4.78 is 7.94. The van der Waals surface area contributed by atoms with E-state index in [1.165, 1.54) is 32.3 Å². The fourth-order valence-electron chi connectivity index (χ4n) is 2.77. The zero-order valence-corrected chi connectivity index (χ0v) is 12.4. The number of nitrogens with zero attached hydrogens (tertiary/aromatic N) is 4. The number of aromatic amines is 1. The minimum absolute atomic E-state index is 0.541. The Kier molecular flexibility index (Phi) is 3.98. The molecule has 3 rings (SSSR count). The highest BCUT2D eigenvalue weighted by Crippen LogP contribution is 2.20. The molecule has 0 aliphatic carbocycles. The molecule has 2 aromatic rings. The average Bonchev–Trinajstić information content (AvgIpc) is 3.07. The van der Waals surface area contributed by atoms with Crippen LogP contribution in [0.1, 0.15) is 19.3 Å². The Morgan fingerprint density at radius 1 is 1.30 bits per heavy atom. The van der Waals surface area contributed by atoms with Gasteiger partial charge in [-0.1, -0.05) is 0 Å². The van der Waals surface area contributed by atoms with E-state index in [1.807, 2.05) is 4.57 Å². The van der Waals surface area contributed by atoms with Crippen LogP contribution in [0.15, 0.2) is 6.33 Å². The van der Waals surface area contributed by atoms with Crippen LogP contribution < -0.4 is 4.74 Å². The van der Waals surface area contributed by atoms with Crippen LogP contribution >= 0.6 is 12.2 Å². The van der Waals surface area contributed by atoms with Gasteiger partial charge < -0.3 is 19.2 Å². The van der Waals surface area contributed by atoms with E-state index < -0.39 is 0 Å². The second-order valence-electron chi connectivity index (χ2n) is 5.07. The second kappa shape index (κ2) is 5.88. The molecule has 0 bridgehead atoms. The van der Waals surface area contributed by atoms with Gasteiger partial charge >= 0.3 is 0 Å². The number of likely N-dealkylation sites (tertiary alicyclic amines) is 1.